The van der Waals surface area contributed by atoms with Gasteiger partial charge < -0.3 is 30.7 Å². The first kappa shape index (κ1) is 33.0. The lowest BCUT2D eigenvalue weighted by atomic mass is 9.92. The average Bonchev–Trinajstić information content (AvgIpc) is 3.02. The van der Waals surface area contributed by atoms with Crippen LogP contribution in [0.3, 0.4) is 0 Å². The van der Waals surface area contributed by atoms with E-state index in [1.807, 2.05) is 55.5 Å². The van der Waals surface area contributed by atoms with Crippen molar-refractivity contribution in [1.82, 2.24) is 20.9 Å². The number of aliphatic hydroxyl groups excluding tert-OH is 1. The number of carbonyl (C=O) groups excluding carboxylic acids is 4. The summed E-state index contributed by atoms with van der Waals surface area (Å²) in [6.45, 7) is 6.54. The smallest absolute Gasteiger partial charge is 0.243 e. The number of fused-ring (bicyclic) bond motifs is 4. The lowest BCUT2D eigenvalue weighted by Crippen LogP contribution is -2.57. The Labute approximate surface area is 259 Å². The van der Waals surface area contributed by atoms with Crippen molar-refractivity contribution in [3.63, 3.8) is 0 Å². The average molecular weight is 607 g/mol. The first-order chi connectivity index (χ1) is 21.1. The number of rotatable bonds is 6. The molecule has 238 valence electrons. The highest BCUT2D eigenvalue weighted by Crippen LogP contribution is 2.23. The molecule has 10 nitrogen and oxygen atoms in total. The molecule has 0 radical (unpaired) electrons. The van der Waals surface area contributed by atoms with Gasteiger partial charge in [0.2, 0.25) is 23.6 Å². The monoisotopic (exact) mass is 606 g/mol. The lowest BCUT2D eigenvalue weighted by molar-refractivity contribution is -0.140. The van der Waals surface area contributed by atoms with Crippen LogP contribution in [-0.4, -0.2) is 72.0 Å². The summed E-state index contributed by atoms with van der Waals surface area (Å²) in [4.78, 5) is 55.7. The summed E-state index contributed by atoms with van der Waals surface area (Å²) in [5.41, 5.74) is 1.77. The molecule has 2 aliphatic rings. The Bertz CT molecular complexity index is 1310. The van der Waals surface area contributed by atoms with Crippen molar-refractivity contribution in [2.45, 2.75) is 77.9 Å². The number of piperidine rings is 1. The summed E-state index contributed by atoms with van der Waals surface area (Å²) in [6.07, 6.45) is 3.19. The standard InChI is InChI=1S/C34H46N4O6/c1-23-11-13-27-18-26(23)20-35-31(41)28(14-12-24-8-5-4-6-9-24)36-32(42)29(37-33(43)34(2,3)22-39)19-30(40)38-16-7-10-25(21-38)15-17-44-27/h4-6,8-9,11,13,18,25,28-29,39H,7,10,12,14-17,19-22H2,1-3H3,(H,35,41)(H,36,42)(H,37,43)/t25?,28-,29-/m0/s1. The van der Waals surface area contributed by atoms with Gasteiger partial charge in [-0.15, -0.1) is 0 Å². The van der Waals surface area contributed by atoms with Gasteiger partial charge in [-0.1, -0.05) is 36.4 Å². The summed E-state index contributed by atoms with van der Waals surface area (Å²) in [5, 5.41) is 18.3. The molecule has 2 aromatic rings. The number of ether oxygens (including phenoxy) is 1. The molecule has 4 N–H and O–H groups in total. The fraction of sp³-hybridized carbons (Fsp3) is 0.529. The van der Waals surface area contributed by atoms with E-state index in [0.29, 0.717) is 32.5 Å². The molecule has 10 heteroatoms. The third kappa shape index (κ3) is 9.05. The Hall–Kier alpha value is -3.92. The zero-order chi connectivity index (χ0) is 31.7. The van der Waals surface area contributed by atoms with Gasteiger partial charge in [0.25, 0.3) is 0 Å². The first-order valence-corrected chi connectivity index (χ1v) is 15.6. The lowest BCUT2D eigenvalue weighted by Gasteiger charge is -2.34. The number of aliphatic hydroxyl groups is 1. The van der Waals surface area contributed by atoms with Crippen LogP contribution in [0.2, 0.25) is 0 Å². The van der Waals surface area contributed by atoms with E-state index in [1.165, 1.54) is 0 Å². The van der Waals surface area contributed by atoms with Gasteiger partial charge in [0.15, 0.2) is 0 Å². The minimum atomic E-state index is -1.21. The van der Waals surface area contributed by atoms with Crippen molar-refractivity contribution >= 4 is 23.6 Å². The van der Waals surface area contributed by atoms with E-state index in [-0.39, 0.29) is 30.7 Å². The second-order valence-electron chi connectivity index (χ2n) is 12.6. The summed E-state index contributed by atoms with van der Waals surface area (Å²) in [7, 11) is 0. The van der Waals surface area contributed by atoms with Gasteiger partial charge in [0, 0.05) is 19.6 Å². The second-order valence-corrected chi connectivity index (χ2v) is 12.6. The van der Waals surface area contributed by atoms with Crippen molar-refractivity contribution in [3.05, 3.63) is 65.2 Å². The minimum Gasteiger partial charge on any atom is -0.494 e. The second kappa shape index (κ2) is 15.2. The third-order valence-corrected chi connectivity index (χ3v) is 8.65. The van der Waals surface area contributed by atoms with Gasteiger partial charge in [-0.25, -0.2) is 0 Å². The topological polar surface area (TPSA) is 137 Å². The van der Waals surface area contributed by atoms with Crippen LogP contribution in [0.4, 0.5) is 0 Å². The van der Waals surface area contributed by atoms with Gasteiger partial charge in [-0.05, 0) is 87.6 Å². The highest BCUT2D eigenvalue weighted by molar-refractivity contribution is 5.95. The van der Waals surface area contributed by atoms with E-state index in [0.717, 1.165) is 41.7 Å². The Morgan fingerprint density at radius 3 is 2.61 bits per heavy atom. The summed E-state index contributed by atoms with van der Waals surface area (Å²) < 4.78 is 6.08. The van der Waals surface area contributed by atoms with E-state index in [4.69, 9.17) is 4.74 Å². The van der Waals surface area contributed by atoms with E-state index in [1.54, 1.807) is 18.7 Å². The Morgan fingerprint density at radius 1 is 1.09 bits per heavy atom. The SMILES string of the molecule is Cc1ccc2cc1CNC(=O)[C@H](CCc1ccccc1)NC(=O)[C@@H](NC(=O)C(C)(C)CO)CC(=O)N1CCCC(CCO2)C1. The molecule has 4 amide bonds. The molecule has 4 rings (SSSR count). The molecule has 1 unspecified atom stereocenters. The van der Waals surface area contributed by atoms with Crippen LogP contribution in [0.5, 0.6) is 5.75 Å². The number of nitrogens with one attached hydrogen (secondary N) is 3. The number of benzene rings is 2. The maximum absolute atomic E-state index is 13.8. The molecule has 2 aliphatic heterocycles. The van der Waals surface area contributed by atoms with Crippen LogP contribution in [0.25, 0.3) is 0 Å². The van der Waals surface area contributed by atoms with Crippen LogP contribution in [-0.2, 0) is 32.1 Å². The fourth-order valence-corrected chi connectivity index (χ4v) is 5.54. The number of nitrogens with zero attached hydrogens (tertiary/aromatic N) is 1. The molecule has 44 heavy (non-hydrogen) atoms. The van der Waals surface area contributed by atoms with Crippen molar-refractivity contribution in [2.24, 2.45) is 11.3 Å². The maximum atomic E-state index is 13.8. The molecule has 1 saturated heterocycles. The molecule has 2 aromatic carbocycles. The number of carbonyl (C=O) groups is 4. The van der Waals surface area contributed by atoms with E-state index in [2.05, 4.69) is 16.0 Å². The molecular weight excluding hydrogens is 560 g/mol. The number of hydrogen-bond donors (Lipinski definition) is 4. The first-order valence-electron chi connectivity index (χ1n) is 15.6. The highest BCUT2D eigenvalue weighted by Gasteiger charge is 2.35. The molecule has 3 atom stereocenters. The molecule has 0 aliphatic carbocycles. The Morgan fingerprint density at radius 2 is 1.86 bits per heavy atom. The van der Waals surface area contributed by atoms with Crippen molar-refractivity contribution in [2.75, 3.05) is 26.3 Å². The van der Waals surface area contributed by atoms with Gasteiger partial charge in [0.1, 0.15) is 17.8 Å². The van der Waals surface area contributed by atoms with E-state index >= 15 is 0 Å². The Balaban J connectivity index is 1.62. The summed E-state index contributed by atoms with van der Waals surface area (Å²) in [5.74, 6) is -0.796. The normalized spacial score (nSPS) is 22.1. The minimum absolute atomic E-state index is 0.243. The zero-order valence-corrected chi connectivity index (χ0v) is 26.1. The van der Waals surface area contributed by atoms with Crippen LogP contribution < -0.4 is 20.7 Å². The predicted molar refractivity (Wildman–Crippen MR) is 167 cm³/mol. The zero-order valence-electron chi connectivity index (χ0n) is 26.1. The van der Waals surface area contributed by atoms with Crippen LogP contribution >= 0.6 is 0 Å². The highest BCUT2D eigenvalue weighted by atomic mass is 16.5. The van der Waals surface area contributed by atoms with Gasteiger partial charge in [-0.2, -0.15) is 0 Å². The third-order valence-electron chi connectivity index (χ3n) is 8.65. The molecule has 0 aromatic heterocycles. The summed E-state index contributed by atoms with van der Waals surface area (Å²) >= 11 is 0. The van der Waals surface area contributed by atoms with E-state index in [9.17, 15) is 24.3 Å². The van der Waals surface area contributed by atoms with Crippen molar-refractivity contribution in [1.29, 1.82) is 0 Å². The molecular formula is C34H46N4O6. The fourth-order valence-electron chi connectivity index (χ4n) is 5.54. The predicted octanol–water partition coefficient (Wildman–Crippen LogP) is 2.64. The molecule has 0 saturated carbocycles. The molecule has 0 spiro atoms. The van der Waals surface area contributed by atoms with Gasteiger partial charge in [-0.3, -0.25) is 19.2 Å². The molecule has 2 heterocycles. The van der Waals surface area contributed by atoms with Gasteiger partial charge >= 0.3 is 0 Å². The van der Waals surface area contributed by atoms with Crippen molar-refractivity contribution < 1.29 is 29.0 Å². The summed E-state index contributed by atoms with van der Waals surface area (Å²) in [6, 6.07) is 13.4. The van der Waals surface area contributed by atoms with E-state index < -0.39 is 35.9 Å². The molecule has 4 bridgehead atoms. The van der Waals surface area contributed by atoms with Crippen molar-refractivity contribution in [3.8, 4) is 5.75 Å². The number of amides is 4. The maximum Gasteiger partial charge on any atom is 0.243 e. The van der Waals surface area contributed by atoms with Crippen LogP contribution in [0.15, 0.2) is 48.5 Å². The quantitative estimate of drug-likeness (QED) is 0.399. The largest absolute Gasteiger partial charge is 0.494 e. The van der Waals surface area contributed by atoms with Gasteiger partial charge in [0.05, 0.1) is 25.0 Å². The number of aryl methyl sites for hydroxylation is 2. The van der Waals surface area contributed by atoms with Crippen LogP contribution in [0.1, 0.15) is 62.6 Å². The molecule has 1 fully saturated rings. The van der Waals surface area contributed by atoms with Crippen LogP contribution in [0, 0.1) is 18.3 Å². The number of hydrogen-bond acceptors (Lipinski definition) is 6. The Kier molecular flexibility index (Phi) is 11.4.